The van der Waals surface area contributed by atoms with Gasteiger partial charge in [0.2, 0.25) is 12.2 Å². The Labute approximate surface area is 109 Å². The topological polar surface area (TPSA) is 42.3 Å². The van der Waals surface area contributed by atoms with Crippen molar-refractivity contribution in [2.24, 2.45) is 0 Å². The first-order valence-electron chi connectivity index (χ1n) is 4.35. The molecular formula is C10H10Cl3NO2. The molecule has 0 aliphatic heterocycles. The van der Waals surface area contributed by atoms with Crippen LogP contribution in [0.25, 0.3) is 0 Å². The van der Waals surface area contributed by atoms with Crippen LogP contribution in [0.5, 0.6) is 0 Å². The highest BCUT2D eigenvalue weighted by atomic mass is 35.6. The Kier molecular flexibility index (Phi) is 4.87. The molecule has 1 aromatic carbocycles. The molecule has 0 amide bonds. The lowest BCUT2D eigenvalue weighted by molar-refractivity contribution is -0.0673. The van der Waals surface area contributed by atoms with Crippen LogP contribution in [0.3, 0.4) is 0 Å². The zero-order valence-electron chi connectivity index (χ0n) is 8.41. The maximum atomic E-state index is 7.43. The second-order valence-corrected chi connectivity index (χ2v) is 5.20. The molecule has 0 fully saturated rings. The number of methoxy groups -OCH3 is 1. The van der Waals surface area contributed by atoms with Gasteiger partial charge in [-0.15, -0.1) is 0 Å². The summed E-state index contributed by atoms with van der Waals surface area (Å²) in [5.74, 6) is -0.479. The lowest BCUT2D eigenvalue weighted by Gasteiger charge is -2.21. The number of rotatable bonds is 3. The van der Waals surface area contributed by atoms with Crippen LogP contribution in [0, 0.1) is 5.41 Å². The SMILES string of the molecule is COC(OC(=N)C(Cl)(Cl)Cl)c1ccccc1. The molecule has 0 bridgehead atoms. The van der Waals surface area contributed by atoms with E-state index in [4.69, 9.17) is 49.7 Å². The van der Waals surface area contributed by atoms with Gasteiger partial charge in [0.1, 0.15) is 0 Å². The molecule has 3 nitrogen and oxygen atoms in total. The van der Waals surface area contributed by atoms with Gasteiger partial charge >= 0.3 is 0 Å². The number of ether oxygens (including phenoxy) is 2. The summed E-state index contributed by atoms with van der Waals surface area (Å²) in [5.41, 5.74) is 0.740. The van der Waals surface area contributed by atoms with Crippen LogP contribution in [-0.4, -0.2) is 16.8 Å². The second-order valence-electron chi connectivity index (χ2n) is 2.92. The molecule has 0 spiro atoms. The molecular weight excluding hydrogens is 272 g/mol. The zero-order chi connectivity index (χ0) is 12.2. The Balaban J connectivity index is 2.75. The quantitative estimate of drug-likeness (QED) is 0.397. The highest BCUT2D eigenvalue weighted by Gasteiger charge is 2.31. The Morgan fingerprint density at radius 2 is 1.81 bits per heavy atom. The van der Waals surface area contributed by atoms with E-state index in [2.05, 4.69) is 0 Å². The number of alkyl halides is 3. The van der Waals surface area contributed by atoms with Crippen LogP contribution in [0.4, 0.5) is 0 Å². The summed E-state index contributed by atoms with van der Waals surface area (Å²) in [6.45, 7) is 0. The van der Waals surface area contributed by atoms with E-state index in [0.29, 0.717) is 0 Å². The molecule has 0 aliphatic carbocycles. The predicted octanol–water partition coefficient (Wildman–Crippen LogP) is 3.70. The summed E-state index contributed by atoms with van der Waals surface area (Å²) in [7, 11) is 1.45. The summed E-state index contributed by atoms with van der Waals surface area (Å²) in [6.07, 6.45) is -0.760. The number of benzene rings is 1. The molecule has 1 N–H and O–H groups in total. The van der Waals surface area contributed by atoms with Crippen LogP contribution < -0.4 is 0 Å². The Bertz CT molecular complexity index is 351. The second kappa shape index (κ2) is 5.73. The summed E-state index contributed by atoms with van der Waals surface area (Å²) in [6, 6.07) is 9.09. The molecule has 1 rings (SSSR count). The Morgan fingerprint density at radius 1 is 1.25 bits per heavy atom. The minimum Gasteiger partial charge on any atom is -0.444 e. The molecule has 0 saturated carbocycles. The lowest BCUT2D eigenvalue weighted by atomic mass is 10.2. The minimum atomic E-state index is -1.88. The molecule has 0 aromatic heterocycles. The number of hydrogen-bond acceptors (Lipinski definition) is 3. The average Bonchev–Trinajstić information content (AvgIpc) is 2.25. The van der Waals surface area contributed by atoms with E-state index in [1.807, 2.05) is 18.2 Å². The summed E-state index contributed by atoms with van der Waals surface area (Å²) in [4.78, 5) is 0. The lowest BCUT2D eigenvalue weighted by Crippen LogP contribution is -2.24. The Hall–Kier alpha value is -0.480. The van der Waals surface area contributed by atoms with Gasteiger partial charge in [-0.25, -0.2) is 0 Å². The number of halogens is 3. The van der Waals surface area contributed by atoms with Crippen molar-refractivity contribution < 1.29 is 9.47 Å². The predicted molar refractivity (Wildman–Crippen MR) is 65.3 cm³/mol. The smallest absolute Gasteiger partial charge is 0.265 e. The van der Waals surface area contributed by atoms with Crippen LogP contribution in [0.2, 0.25) is 0 Å². The van der Waals surface area contributed by atoms with Crippen molar-refractivity contribution in [1.29, 1.82) is 5.41 Å². The van der Waals surface area contributed by atoms with Crippen LogP contribution in [0.15, 0.2) is 30.3 Å². The van der Waals surface area contributed by atoms with Gasteiger partial charge < -0.3 is 9.47 Å². The van der Waals surface area contributed by atoms with Crippen LogP contribution in [0.1, 0.15) is 11.9 Å². The van der Waals surface area contributed by atoms with E-state index < -0.39 is 16.0 Å². The highest BCUT2D eigenvalue weighted by molar-refractivity contribution is 6.76. The first-order chi connectivity index (χ1) is 7.45. The van der Waals surface area contributed by atoms with Gasteiger partial charge in [-0.05, 0) is 0 Å². The van der Waals surface area contributed by atoms with E-state index in [-0.39, 0.29) is 0 Å². The standard InChI is InChI=1S/C10H10Cl3NO2/c1-15-8(7-5-3-2-4-6-7)16-9(14)10(11,12)13/h2-6,8,14H,1H3. The van der Waals surface area contributed by atoms with Crippen molar-refractivity contribution >= 4 is 40.7 Å². The van der Waals surface area contributed by atoms with Crippen molar-refractivity contribution in [3.63, 3.8) is 0 Å². The van der Waals surface area contributed by atoms with Crippen molar-refractivity contribution in [2.45, 2.75) is 10.1 Å². The Morgan fingerprint density at radius 3 is 2.25 bits per heavy atom. The maximum absolute atomic E-state index is 7.43. The highest BCUT2D eigenvalue weighted by Crippen LogP contribution is 2.30. The van der Waals surface area contributed by atoms with Crippen LogP contribution >= 0.6 is 34.8 Å². The summed E-state index contributed by atoms with van der Waals surface area (Å²) < 4.78 is 8.30. The summed E-state index contributed by atoms with van der Waals surface area (Å²) in [5, 5.41) is 7.43. The summed E-state index contributed by atoms with van der Waals surface area (Å²) >= 11 is 16.5. The van der Waals surface area contributed by atoms with Crippen molar-refractivity contribution in [2.75, 3.05) is 7.11 Å². The molecule has 1 unspecified atom stereocenters. The van der Waals surface area contributed by atoms with E-state index in [1.54, 1.807) is 12.1 Å². The van der Waals surface area contributed by atoms with Gasteiger partial charge in [0, 0.05) is 12.7 Å². The number of hydrogen-bond donors (Lipinski definition) is 1. The van der Waals surface area contributed by atoms with Crippen molar-refractivity contribution in [3.05, 3.63) is 35.9 Å². The van der Waals surface area contributed by atoms with E-state index in [9.17, 15) is 0 Å². The van der Waals surface area contributed by atoms with E-state index in [1.165, 1.54) is 7.11 Å². The molecule has 1 aromatic rings. The molecule has 0 radical (unpaired) electrons. The minimum absolute atomic E-state index is 0.479. The van der Waals surface area contributed by atoms with Gasteiger partial charge in [-0.3, -0.25) is 5.41 Å². The normalized spacial score (nSPS) is 13.2. The fraction of sp³-hybridized carbons (Fsp3) is 0.300. The first kappa shape index (κ1) is 13.6. The first-order valence-corrected chi connectivity index (χ1v) is 5.48. The van der Waals surface area contributed by atoms with Gasteiger partial charge in [-0.1, -0.05) is 65.1 Å². The zero-order valence-corrected chi connectivity index (χ0v) is 10.7. The van der Waals surface area contributed by atoms with Gasteiger partial charge in [0.25, 0.3) is 3.79 Å². The van der Waals surface area contributed by atoms with Crippen molar-refractivity contribution in [1.82, 2.24) is 0 Å². The molecule has 16 heavy (non-hydrogen) atoms. The monoisotopic (exact) mass is 281 g/mol. The maximum Gasteiger partial charge on any atom is 0.265 e. The molecule has 0 heterocycles. The number of nitrogens with one attached hydrogen (secondary N) is 1. The third-order valence-electron chi connectivity index (χ3n) is 1.77. The molecule has 88 valence electrons. The van der Waals surface area contributed by atoms with Gasteiger partial charge in [0.05, 0.1) is 0 Å². The molecule has 6 heteroatoms. The van der Waals surface area contributed by atoms with Crippen LogP contribution in [-0.2, 0) is 9.47 Å². The van der Waals surface area contributed by atoms with Gasteiger partial charge in [0.15, 0.2) is 0 Å². The fourth-order valence-electron chi connectivity index (χ4n) is 1.04. The third kappa shape index (κ3) is 3.83. The molecule has 0 saturated heterocycles. The van der Waals surface area contributed by atoms with Crippen molar-refractivity contribution in [3.8, 4) is 0 Å². The van der Waals surface area contributed by atoms with E-state index >= 15 is 0 Å². The molecule has 0 aliphatic rings. The fourth-order valence-corrected chi connectivity index (χ4v) is 1.17. The molecule has 1 atom stereocenters. The average molecular weight is 283 g/mol. The third-order valence-corrected chi connectivity index (χ3v) is 2.28. The van der Waals surface area contributed by atoms with Gasteiger partial charge in [-0.2, -0.15) is 0 Å². The van der Waals surface area contributed by atoms with E-state index in [0.717, 1.165) is 5.56 Å². The largest absolute Gasteiger partial charge is 0.444 e.